The Bertz CT molecular complexity index is 1100. The van der Waals surface area contributed by atoms with Crippen LogP contribution in [0.4, 0.5) is 21.0 Å². The van der Waals surface area contributed by atoms with Crippen LogP contribution in [0.15, 0.2) is 36.4 Å². The molecule has 1 atom stereocenters. The van der Waals surface area contributed by atoms with E-state index in [2.05, 4.69) is 19.2 Å². The average molecular weight is 548 g/mol. The summed E-state index contributed by atoms with van der Waals surface area (Å²) in [5, 5.41) is 15.3. The number of benzene rings is 2. The van der Waals surface area contributed by atoms with Gasteiger partial charge in [-0.05, 0) is 62.6 Å². The number of nitrogens with one attached hydrogen (secondary N) is 1. The van der Waals surface area contributed by atoms with E-state index in [0.29, 0.717) is 38.9 Å². The fourth-order valence-electron chi connectivity index (χ4n) is 3.87. The molecule has 34 heavy (non-hydrogen) atoms. The first-order valence-corrected chi connectivity index (χ1v) is 12.2. The summed E-state index contributed by atoms with van der Waals surface area (Å²) in [7, 11) is 0. The Hall–Kier alpha value is -1.90. The third kappa shape index (κ3) is 5.34. The van der Waals surface area contributed by atoms with Crippen LogP contribution in [-0.4, -0.2) is 45.5 Å². The molecular weight excluding hydrogens is 522 g/mol. The van der Waals surface area contributed by atoms with Crippen molar-refractivity contribution < 1.29 is 14.8 Å². The van der Waals surface area contributed by atoms with E-state index in [4.69, 9.17) is 46.4 Å². The summed E-state index contributed by atoms with van der Waals surface area (Å²) in [6, 6.07) is 8.04. The van der Waals surface area contributed by atoms with Crippen LogP contribution in [0.5, 0.6) is 0 Å². The van der Waals surface area contributed by atoms with Crippen molar-refractivity contribution in [3.63, 3.8) is 0 Å². The van der Waals surface area contributed by atoms with Crippen molar-refractivity contribution in [2.45, 2.75) is 45.8 Å². The quantitative estimate of drug-likeness (QED) is 0.288. The van der Waals surface area contributed by atoms with Crippen molar-refractivity contribution in [3.8, 4) is 0 Å². The Morgan fingerprint density at radius 3 is 2.21 bits per heavy atom. The zero-order valence-electron chi connectivity index (χ0n) is 19.2. The molecule has 0 spiro atoms. The van der Waals surface area contributed by atoms with E-state index in [9.17, 15) is 14.8 Å². The molecule has 0 unspecified atom stereocenters. The molecule has 2 aromatic carbocycles. The Labute approximate surface area is 219 Å². The smallest absolute Gasteiger partial charge is 0.315 e. The maximum atomic E-state index is 13.6. The summed E-state index contributed by atoms with van der Waals surface area (Å²) in [4.78, 5) is 29.6. The molecule has 0 bridgehead atoms. The van der Waals surface area contributed by atoms with Gasteiger partial charge in [-0.25, -0.2) is 9.59 Å². The number of nitrogens with zero attached hydrogens (tertiary/aromatic N) is 3. The fourth-order valence-corrected chi connectivity index (χ4v) is 4.46. The lowest BCUT2D eigenvalue weighted by Gasteiger charge is -2.38. The van der Waals surface area contributed by atoms with Gasteiger partial charge in [-0.1, -0.05) is 60.3 Å². The Balaban J connectivity index is 1.99. The molecule has 1 saturated heterocycles. The molecule has 2 aromatic rings. The van der Waals surface area contributed by atoms with Crippen LogP contribution in [0.2, 0.25) is 20.1 Å². The first-order chi connectivity index (χ1) is 15.8. The van der Waals surface area contributed by atoms with Crippen LogP contribution in [0.3, 0.4) is 0 Å². The summed E-state index contributed by atoms with van der Waals surface area (Å²) in [6.45, 7) is 8.15. The number of carbonyl (C=O) groups is 2. The molecule has 1 heterocycles. The highest BCUT2D eigenvalue weighted by Gasteiger charge is 2.55. The number of rotatable bonds is 6. The lowest BCUT2D eigenvalue weighted by atomic mass is 9.98. The van der Waals surface area contributed by atoms with Gasteiger partial charge in [0.1, 0.15) is 0 Å². The second-order valence-electron chi connectivity index (χ2n) is 9.02. The molecule has 0 radical (unpaired) electrons. The minimum absolute atomic E-state index is 0.244. The SMILES string of the molecule is CC(C)CCN1C(=O)N(c2ccc(Cl)c(Cl)c2)[C@H](N(O)C(=O)Nc2ccc(Cl)c(Cl)c2)C1(C)C. The first-order valence-electron chi connectivity index (χ1n) is 10.6. The third-order valence-corrected chi connectivity index (χ3v) is 7.21. The highest BCUT2D eigenvalue weighted by atomic mass is 35.5. The Morgan fingerprint density at radius 1 is 1.06 bits per heavy atom. The molecule has 1 fully saturated rings. The summed E-state index contributed by atoms with van der Waals surface area (Å²) in [5.41, 5.74) is -0.230. The normalized spacial score (nSPS) is 17.5. The largest absolute Gasteiger partial charge is 0.347 e. The molecule has 184 valence electrons. The summed E-state index contributed by atoms with van der Waals surface area (Å²) in [6.07, 6.45) is -0.329. The molecule has 1 aliphatic heterocycles. The van der Waals surface area contributed by atoms with Gasteiger partial charge < -0.3 is 10.2 Å². The Morgan fingerprint density at radius 2 is 1.65 bits per heavy atom. The molecule has 7 nitrogen and oxygen atoms in total. The van der Waals surface area contributed by atoms with Crippen LogP contribution < -0.4 is 10.2 Å². The lowest BCUT2D eigenvalue weighted by molar-refractivity contribution is -0.0950. The van der Waals surface area contributed by atoms with E-state index in [0.717, 1.165) is 6.42 Å². The van der Waals surface area contributed by atoms with Gasteiger partial charge in [-0.15, -0.1) is 0 Å². The maximum absolute atomic E-state index is 13.6. The summed E-state index contributed by atoms with van der Waals surface area (Å²) >= 11 is 24.3. The van der Waals surface area contributed by atoms with Crippen molar-refractivity contribution in [1.82, 2.24) is 9.96 Å². The predicted octanol–water partition coefficient (Wildman–Crippen LogP) is 7.62. The number of anilines is 2. The maximum Gasteiger partial charge on any atom is 0.347 e. The number of halogens is 4. The zero-order valence-corrected chi connectivity index (χ0v) is 22.2. The van der Waals surface area contributed by atoms with Gasteiger partial charge in [0.2, 0.25) is 0 Å². The van der Waals surface area contributed by atoms with Crippen LogP contribution in [0.25, 0.3) is 0 Å². The van der Waals surface area contributed by atoms with Crippen LogP contribution >= 0.6 is 46.4 Å². The number of urea groups is 2. The summed E-state index contributed by atoms with van der Waals surface area (Å²) < 4.78 is 0. The van der Waals surface area contributed by atoms with Crippen molar-refractivity contribution in [1.29, 1.82) is 0 Å². The summed E-state index contributed by atoms with van der Waals surface area (Å²) in [5.74, 6) is 0.351. The molecule has 4 amide bonds. The van der Waals surface area contributed by atoms with Crippen LogP contribution in [0.1, 0.15) is 34.1 Å². The van der Waals surface area contributed by atoms with E-state index in [1.807, 2.05) is 0 Å². The number of hydrogen-bond acceptors (Lipinski definition) is 3. The minimum Gasteiger partial charge on any atom is -0.315 e. The van der Waals surface area contributed by atoms with Crippen molar-refractivity contribution >= 4 is 69.8 Å². The van der Waals surface area contributed by atoms with E-state index in [1.165, 1.54) is 23.1 Å². The van der Waals surface area contributed by atoms with E-state index in [-0.39, 0.29) is 16.1 Å². The molecule has 3 rings (SSSR count). The lowest BCUT2D eigenvalue weighted by Crippen LogP contribution is -2.58. The Kier molecular flexibility index (Phi) is 8.15. The molecule has 1 aliphatic rings. The number of amides is 4. The van der Waals surface area contributed by atoms with Gasteiger partial charge in [0.05, 0.1) is 25.6 Å². The number of hydrogen-bond donors (Lipinski definition) is 2. The molecule has 2 N–H and O–H groups in total. The molecule has 11 heteroatoms. The van der Waals surface area contributed by atoms with Crippen LogP contribution in [0, 0.1) is 5.92 Å². The standard InChI is InChI=1S/C23H26Cl4N4O3/c1-13(2)9-10-29-22(33)30(15-6-8-17(25)19(27)12-15)20(23(29,3)4)31(34)21(32)28-14-5-7-16(24)18(26)11-14/h5-8,11-13,20,34H,9-10H2,1-4H3,(H,28,32)/t20-/m1/s1. The first kappa shape index (κ1) is 26.7. The van der Waals surface area contributed by atoms with Crippen molar-refractivity contribution in [3.05, 3.63) is 56.5 Å². The van der Waals surface area contributed by atoms with Gasteiger partial charge in [0.15, 0.2) is 6.17 Å². The third-order valence-electron chi connectivity index (χ3n) is 5.73. The highest BCUT2D eigenvalue weighted by Crippen LogP contribution is 2.40. The minimum atomic E-state index is -1.08. The zero-order chi connectivity index (χ0) is 25.4. The molecular formula is C23H26Cl4N4O3. The van der Waals surface area contributed by atoms with Crippen LogP contribution in [-0.2, 0) is 0 Å². The van der Waals surface area contributed by atoms with Gasteiger partial charge in [0, 0.05) is 17.9 Å². The second kappa shape index (κ2) is 10.4. The second-order valence-corrected chi connectivity index (χ2v) is 10.6. The molecule has 0 aromatic heterocycles. The topological polar surface area (TPSA) is 76.1 Å². The van der Waals surface area contributed by atoms with Crippen molar-refractivity contribution in [2.75, 3.05) is 16.8 Å². The number of carbonyl (C=O) groups excluding carboxylic acids is 2. The number of hydroxylamine groups is 2. The fraction of sp³-hybridized carbons (Fsp3) is 0.391. The predicted molar refractivity (Wildman–Crippen MR) is 137 cm³/mol. The van der Waals surface area contributed by atoms with Gasteiger partial charge in [-0.2, -0.15) is 5.06 Å². The molecule has 0 aliphatic carbocycles. The van der Waals surface area contributed by atoms with Gasteiger partial charge >= 0.3 is 12.1 Å². The van der Waals surface area contributed by atoms with E-state index in [1.54, 1.807) is 36.9 Å². The average Bonchev–Trinajstić information content (AvgIpc) is 2.95. The van der Waals surface area contributed by atoms with Gasteiger partial charge in [-0.3, -0.25) is 10.1 Å². The molecule has 0 saturated carbocycles. The van der Waals surface area contributed by atoms with Crippen molar-refractivity contribution in [2.24, 2.45) is 5.92 Å². The highest BCUT2D eigenvalue weighted by molar-refractivity contribution is 6.42. The van der Waals surface area contributed by atoms with E-state index >= 15 is 0 Å². The van der Waals surface area contributed by atoms with Gasteiger partial charge in [0.25, 0.3) is 0 Å². The monoisotopic (exact) mass is 546 g/mol. The van der Waals surface area contributed by atoms with E-state index < -0.39 is 17.7 Å².